The standard InChI is InChI=1S/C18H36N2/c1-16-7-4-10-19(13-16)11-5-8-17(2)14-20-12-6-9-18(3)15-20/h16-18H,4-15H2,1-3H3. The van der Waals surface area contributed by atoms with Gasteiger partial charge in [-0.1, -0.05) is 20.8 Å². The highest BCUT2D eigenvalue weighted by atomic mass is 15.1. The normalized spacial score (nSPS) is 31.4. The molecule has 3 unspecified atom stereocenters. The van der Waals surface area contributed by atoms with Crippen molar-refractivity contribution in [3.05, 3.63) is 0 Å². The minimum Gasteiger partial charge on any atom is -0.303 e. The summed E-state index contributed by atoms with van der Waals surface area (Å²) < 4.78 is 0. The van der Waals surface area contributed by atoms with Crippen molar-refractivity contribution in [3.8, 4) is 0 Å². The van der Waals surface area contributed by atoms with Gasteiger partial charge in [0, 0.05) is 19.6 Å². The van der Waals surface area contributed by atoms with Crippen LogP contribution >= 0.6 is 0 Å². The Morgan fingerprint density at radius 1 is 0.950 bits per heavy atom. The molecule has 0 saturated carbocycles. The fourth-order valence-corrected chi connectivity index (χ4v) is 4.14. The Bertz CT molecular complexity index is 266. The van der Waals surface area contributed by atoms with Crippen LogP contribution in [0.2, 0.25) is 0 Å². The number of likely N-dealkylation sites (tertiary alicyclic amines) is 2. The van der Waals surface area contributed by atoms with Crippen LogP contribution in [0, 0.1) is 17.8 Å². The van der Waals surface area contributed by atoms with Crippen LogP contribution in [0.5, 0.6) is 0 Å². The summed E-state index contributed by atoms with van der Waals surface area (Å²) in [7, 11) is 0. The van der Waals surface area contributed by atoms with Crippen LogP contribution in [0.1, 0.15) is 59.3 Å². The molecular formula is C18H36N2. The molecule has 2 heteroatoms. The molecule has 2 aliphatic rings. The lowest BCUT2D eigenvalue weighted by atomic mass is 9.97. The highest BCUT2D eigenvalue weighted by molar-refractivity contribution is 4.73. The summed E-state index contributed by atoms with van der Waals surface area (Å²) in [6, 6.07) is 0. The van der Waals surface area contributed by atoms with Crippen molar-refractivity contribution >= 4 is 0 Å². The molecule has 0 bridgehead atoms. The summed E-state index contributed by atoms with van der Waals surface area (Å²) in [4.78, 5) is 5.41. The van der Waals surface area contributed by atoms with Crippen LogP contribution in [-0.2, 0) is 0 Å². The Balaban J connectivity index is 1.56. The SMILES string of the molecule is CC1CCCN(CCCC(C)CN2CCCC(C)C2)C1. The number of piperidine rings is 2. The molecule has 0 aromatic heterocycles. The Hall–Kier alpha value is -0.0800. The molecule has 0 aliphatic carbocycles. The van der Waals surface area contributed by atoms with Gasteiger partial charge in [-0.3, -0.25) is 0 Å². The molecule has 0 radical (unpaired) electrons. The molecule has 0 N–H and O–H groups in total. The first kappa shape index (κ1) is 16.3. The molecule has 20 heavy (non-hydrogen) atoms. The second kappa shape index (κ2) is 8.38. The minimum atomic E-state index is 0.877. The van der Waals surface area contributed by atoms with E-state index < -0.39 is 0 Å². The quantitative estimate of drug-likeness (QED) is 0.729. The van der Waals surface area contributed by atoms with Crippen molar-refractivity contribution in [1.82, 2.24) is 9.80 Å². The zero-order chi connectivity index (χ0) is 14.4. The molecule has 0 amide bonds. The second-order valence-electron chi connectivity index (χ2n) is 7.80. The third kappa shape index (κ3) is 5.73. The van der Waals surface area contributed by atoms with Gasteiger partial charge >= 0.3 is 0 Å². The predicted octanol–water partition coefficient (Wildman–Crippen LogP) is 3.87. The Labute approximate surface area is 126 Å². The van der Waals surface area contributed by atoms with Crippen LogP contribution < -0.4 is 0 Å². The van der Waals surface area contributed by atoms with Gasteiger partial charge in [0.1, 0.15) is 0 Å². The van der Waals surface area contributed by atoms with E-state index in [1.165, 1.54) is 77.8 Å². The number of hydrogen-bond donors (Lipinski definition) is 0. The third-order valence-corrected chi connectivity index (χ3v) is 5.22. The summed E-state index contributed by atoms with van der Waals surface area (Å²) in [6.45, 7) is 15.3. The van der Waals surface area contributed by atoms with E-state index in [9.17, 15) is 0 Å². The monoisotopic (exact) mass is 280 g/mol. The van der Waals surface area contributed by atoms with Gasteiger partial charge in [-0.25, -0.2) is 0 Å². The molecule has 118 valence electrons. The Morgan fingerprint density at radius 2 is 1.55 bits per heavy atom. The van der Waals surface area contributed by atoms with Crippen molar-refractivity contribution in [3.63, 3.8) is 0 Å². The maximum Gasteiger partial charge on any atom is 0.000714 e. The van der Waals surface area contributed by atoms with E-state index >= 15 is 0 Å². The fraction of sp³-hybridized carbons (Fsp3) is 1.00. The molecular weight excluding hydrogens is 244 g/mol. The topological polar surface area (TPSA) is 6.48 Å². The van der Waals surface area contributed by atoms with Gasteiger partial charge in [-0.2, -0.15) is 0 Å². The van der Waals surface area contributed by atoms with E-state index in [1.54, 1.807) is 0 Å². The van der Waals surface area contributed by atoms with Crippen molar-refractivity contribution in [1.29, 1.82) is 0 Å². The molecule has 0 aromatic carbocycles. The first-order valence-electron chi connectivity index (χ1n) is 9.08. The second-order valence-corrected chi connectivity index (χ2v) is 7.80. The van der Waals surface area contributed by atoms with Crippen LogP contribution in [0.4, 0.5) is 0 Å². The van der Waals surface area contributed by atoms with Gasteiger partial charge in [-0.15, -0.1) is 0 Å². The summed E-state index contributed by atoms with van der Waals surface area (Å²) in [5, 5.41) is 0. The first-order valence-corrected chi connectivity index (χ1v) is 9.08. The molecule has 0 spiro atoms. The Kier molecular flexibility index (Phi) is 6.83. The van der Waals surface area contributed by atoms with E-state index in [1.807, 2.05) is 0 Å². The van der Waals surface area contributed by atoms with Gasteiger partial charge in [0.25, 0.3) is 0 Å². The molecule has 2 aliphatic heterocycles. The number of hydrogen-bond acceptors (Lipinski definition) is 2. The molecule has 3 atom stereocenters. The first-order chi connectivity index (χ1) is 9.63. The summed E-state index contributed by atoms with van der Waals surface area (Å²) in [5.41, 5.74) is 0. The lowest BCUT2D eigenvalue weighted by Gasteiger charge is -2.33. The third-order valence-electron chi connectivity index (χ3n) is 5.22. The zero-order valence-electron chi connectivity index (χ0n) is 14.1. The van der Waals surface area contributed by atoms with Gasteiger partial charge < -0.3 is 9.80 Å². The van der Waals surface area contributed by atoms with E-state index in [0.717, 1.165) is 17.8 Å². The number of rotatable bonds is 6. The highest BCUT2D eigenvalue weighted by Gasteiger charge is 2.19. The van der Waals surface area contributed by atoms with Crippen LogP contribution in [-0.4, -0.2) is 49.1 Å². The van der Waals surface area contributed by atoms with Gasteiger partial charge in [-0.05, 0) is 75.9 Å². The highest BCUT2D eigenvalue weighted by Crippen LogP contribution is 2.19. The van der Waals surface area contributed by atoms with Crippen molar-refractivity contribution in [2.24, 2.45) is 17.8 Å². The fourth-order valence-electron chi connectivity index (χ4n) is 4.14. The molecule has 2 saturated heterocycles. The Morgan fingerprint density at radius 3 is 2.20 bits per heavy atom. The summed E-state index contributed by atoms with van der Waals surface area (Å²) in [6.07, 6.45) is 8.53. The van der Waals surface area contributed by atoms with Crippen molar-refractivity contribution in [2.45, 2.75) is 59.3 Å². The van der Waals surface area contributed by atoms with Crippen molar-refractivity contribution < 1.29 is 0 Å². The van der Waals surface area contributed by atoms with Crippen LogP contribution in [0.25, 0.3) is 0 Å². The largest absolute Gasteiger partial charge is 0.303 e. The molecule has 2 heterocycles. The molecule has 2 fully saturated rings. The molecule has 0 aromatic rings. The summed E-state index contributed by atoms with van der Waals surface area (Å²) >= 11 is 0. The average Bonchev–Trinajstić information content (AvgIpc) is 2.38. The average molecular weight is 281 g/mol. The van der Waals surface area contributed by atoms with E-state index in [-0.39, 0.29) is 0 Å². The van der Waals surface area contributed by atoms with Gasteiger partial charge in [0.2, 0.25) is 0 Å². The zero-order valence-corrected chi connectivity index (χ0v) is 14.1. The predicted molar refractivity (Wildman–Crippen MR) is 88.1 cm³/mol. The van der Waals surface area contributed by atoms with E-state index in [4.69, 9.17) is 0 Å². The molecule has 2 rings (SSSR count). The lowest BCUT2D eigenvalue weighted by molar-refractivity contribution is 0.151. The van der Waals surface area contributed by atoms with E-state index in [2.05, 4.69) is 30.6 Å². The maximum atomic E-state index is 2.71. The van der Waals surface area contributed by atoms with Crippen LogP contribution in [0.15, 0.2) is 0 Å². The van der Waals surface area contributed by atoms with Gasteiger partial charge in [0.15, 0.2) is 0 Å². The smallest absolute Gasteiger partial charge is 0.000714 e. The minimum absolute atomic E-state index is 0.877. The maximum absolute atomic E-state index is 2.71. The van der Waals surface area contributed by atoms with E-state index in [0.29, 0.717) is 0 Å². The lowest BCUT2D eigenvalue weighted by Crippen LogP contribution is -2.37. The number of nitrogens with zero attached hydrogens (tertiary/aromatic N) is 2. The molecule has 2 nitrogen and oxygen atoms in total. The van der Waals surface area contributed by atoms with Crippen molar-refractivity contribution in [2.75, 3.05) is 39.3 Å². The van der Waals surface area contributed by atoms with Crippen LogP contribution in [0.3, 0.4) is 0 Å². The van der Waals surface area contributed by atoms with Gasteiger partial charge in [0.05, 0.1) is 0 Å². The summed E-state index contributed by atoms with van der Waals surface area (Å²) in [5.74, 6) is 2.73.